The number of aliphatic hydroxyl groups is 1. The molecule has 1 aromatic carbocycles. The molecule has 2 amide bonds. The third-order valence-electron chi connectivity index (χ3n) is 3.50. The Morgan fingerprint density at radius 1 is 1.38 bits per heavy atom. The molecule has 6 nitrogen and oxygen atoms in total. The van der Waals surface area contributed by atoms with Gasteiger partial charge in [0.15, 0.2) is 0 Å². The molecular formula is C18H20N2O4. The van der Waals surface area contributed by atoms with Crippen molar-refractivity contribution in [1.29, 1.82) is 0 Å². The Balaban J connectivity index is 2.49. The van der Waals surface area contributed by atoms with Crippen LogP contribution >= 0.6 is 0 Å². The van der Waals surface area contributed by atoms with Crippen LogP contribution in [-0.2, 0) is 9.53 Å². The van der Waals surface area contributed by atoms with Gasteiger partial charge in [0.25, 0.3) is 0 Å². The molecule has 1 aliphatic rings. The first-order chi connectivity index (χ1) is 11.6. The number of carbonyl (C=O) groups is 2. The molecule has 2 rings (SSSR count). The highest BCUT2D eigenvalue weighted by Gasteiger charge is 2.33. The van der Waals surface area contributed by atoms with E-state index in [1.165, 1.54) is 0 Å². The number of rotatable bonds is 4. The van der Waals surface area contributed by atoms with E-state index >= 15 is 0 Å². The predicted molar refractivity (Wildman–Crippen MR) is 88.8 cm³/mol. The van der Waals surface area contributed by atoms with Gasteiger partial charge in [-0.05, 0) is 25.5 Å². The highest BCUT2D eigenvalue weighted by molar-refractivity contribution is 5.95. The number of amides is 2. The number of ether oxygens (including phenoxy) is 1. The third kappa shape index (κ3) is 3.94. The minimum absolute atomic E-state index is 0.0215. The molecule has 0 bridgehead atoms. The third-order valence-corrected chi connectivity index (χ3v) is 3.50. The van der Waals surface area contributed by atoms with E-state index in [0.29, 0.717) is 28.8 Å². The molecule has 0 radical (unpaired) electrons. The van der Waals surface area contributed by atoms with E-state index in [-0.39, 0.29) is 19.2 Å². The standard InChI is InChI=1S/C18H20N2O4/c1-3-24-17(22)15-12(2)19-18(23)20-16(15)14-10-5-4-8-13(14)9-6-7-11-21/h4-5,8,10,16,21H,3,7,11H2,1-2H3,(H2,19,20,23). The summed E-state index contributed by atoms with van der Waals surface area (Å²) in [6.45, 7) is 3.62. The maximum Gasteiger partial charge on any atom is 0.338 e. The van der Waals surface area contributed by atoms with Crippen LogP contribution in [0.25, 0.3) is 0 Å². The summed E-state index contributed by atoms with van der Waals surface area (Å²) in [5.41, 5.74) is 2.21. The average molecular weight is 328 g/mol. The summed E-state index contributed by atoms with van der Waals surface area (Å²) >= 11 is 0. The molecule has 0 fully saturated rings. The van der Waals surface area contributed by atoms with Gasteiger partial charge >= 0.3 is 12.0 Å². The van der Waals surface area contributed by atoms with Crippen LogP contribution in [0, 0.1) is 11.8 Å². The number of carbonyl (C=O) groups excluding carboxylic acids is 2. The summed E-state index contributed by atoms with van der Waals surface area (Å²) in [4.78, 5) is 24.2. The Hall–Kier alpha value is -2.78. The minimum atomic E-state index is -0.641. The number of nitrogens with one attached hydrogen (secondary N) is 2. The fourth-order valence-corrected chi connectivity index (χ4v) is 2.48. The molecule has 24 heavy (non-hydrogen) atoms. The number of esters is 1. The van der Waals surface area contributed by atoms with Crippen molar-refractivity contribution in [2.75, 3.05) is 13.2 Å². The second-order valence-electron chi connectivity index (χ2n) is 5.15. The van der Waals surface area contributed by atoms with Gasteiger partial charge in [-0.1, -0.05) is 30.0 Å². The lowest BCUT2D eigenvalue weighted by Crippen LogP contribution is -2.45. The average Bonchev–Trinajstić information content (AvgIpc) is 2.55. The molecule has 1 atom stereocenters. The normalized spacial score (nSPS) is 16.6. The van der Waals surface area contributed by atoms with Crippen molar-refractivity contribution in [1.82, 2.24) is 10.6 Å². The molecule has 1 aromatic rings. The van der Waals surface area contributed by atoms with Crippen LogP contribution in [0.5, 0.6) is 0 Å². The molecule has 126 valence electrons. The topological polar surface area (TPSA) is 87.7 Å². The molecule has 3 N–H and O–H groups in total. The summed E-state index contributed by atoms with van der Waals surface area (Å²) < 4.78 is 5.12. The summed E-state index contributed by atoms with van der Waals surface area (Å²) in [6, 6.07) is 6.24. The maximum atomic E-state index is 12.3. The van der Waals surface area contributed by atoms with E-state index in [4.69, 9.17) is 9.84 Å². The minimum Gasteiger partial charge on any atom is -0.463 e. The first-order valence-electron chi connectivity index (χ1n) is 7.72. The maximum absolute atomic E-state index is 12.3. The fourth-order valence-electron chi connectivity index (χ4n) is 2.48. The van der Waals surface area contributed by atoms with E-state index in [2.05, 4.69) is 22.5 Å². The van der Waals surface area contributed by atoms with Gasteiger partial charge in [-0.15, -0.1) is 0 Å². The summed E-state index contributed by atoms with van der Waals surface area (Å²) in [7, 11) is 0. The first-order valence-corrected chi connectivity index (χ1v) is 7.72. The van der Waals surface area contributed by atoms with E-state index in [9.17, 15) is 9.59 Å². The zero-order chi connectivity index (χ0) is 17.5. The van der Waals surface area contributed by atoms with Gasteiger partial charge in [-0.25, -0.2) is 9.59 Å². The summed E-state index contributed by atoms with van der Waals surface area (Å²) in [5.74, 6) is 5.36. The lowest BCUT2D eigenvalue weighted by molar-refractivity contribution is -0.139. The van der Waals surface area contributed by atoms with Crippen molar-refractivity contribution in [3.05, 3.63) is 46.7 Å². The highest BCUT2D eigenvalue weighted by Crippen LogP contribution is 2.29. The van der Waals surface area contributed by atoms with Crippen LogP contribution in [0.1, 0.15) is 37.4 Å². The van der Waals surface area contributed by atoms with Gasteiger partial charge in [-0.3, -0.25) is 0 Å². The monoisotopic (exact) mass is 328 g/mol. The van der Waals surface area contributed by atoms with Gasteiger partial charge in [0.1, 0.15) is 0 Å². The second-order valence-corrected chi connectivity index (χ2v) is 5.15. The van der Waals surface area contributed by atoms with E-state index < -0.39 is 12.0 Å². The van der Waals surface area contributed by atoms with Crippen molar-refractivity contribution >= 4 is 12.0 Å². The number of aliphatic hydroxyl groups excluding tert-OH is 1. The van der Waals surface area contributed by atoms with Gasteiger partial charge < -0.3 is 20.5 Å². The number of hydrogen-bond acceptors (Lipinski definition) is 4. The predicted octanol–water partition coefficient (Wildman–Crippen LogP) is 1.61. The van der Waals surface area contributed by atoms with Crippen molar-refractivity contribution in [3.8, 4) is 11.8 Å². The lowest BCUT2D eigenvalue weighted by Gasteiger charge is -2.28. The van der Waals surface area contributed by atoms with E-state index in [1.807, 2.05) is 24.3 Å². The molecule has 1 unspecified atom stereocenters. The van der Waals surface area contributed by atoms with Crippen molar-refractivity contribution in [3.63, 3.8) is 0 Å². The Morgan fingerprint density at radius 2 is 2.12 bits per heavy atom. The lowest BCUT2D eigenvalue weighted by atomic mass is 9.92. The van der Waals surface area contributed by atoms with Crippen LogP contribution in [0.3, 0.4) is 0 Å². The van der Waals surface area contributed by atoms with Crippen molar-refractivity contribution in [2.45, 2.75) is 26.3 Å². The quantitative estimate of drug-likeness (QED) is 0.579. The SMILES string of the molecule is CCOC(=O)C1=C(C)NC(=O)NC1c1ccccc1C#CCCO. The molecule has 0 spiro atoms. The van der Waals surface area contributed by atoms with Crippen LogP contribution < -0.4 is 10.6 Å². The zero-order valence-corrected chi connectivity index (χ0v) is 13.7. The smallest absolute Gasteiger partial charge is 0.338 e. The second kappa shape index (κ2) is 8.18. The first kappa shape index (κ1) is 17.6. The molecule has 0 saturated carbocycles. The number of benzene rings is 1. The molecule has 0 saturated heterocycles. The molecule has 1 aliphatic heterocycles. The molecule has 1 heterocycles. The largest absolute Gasteiger partial charge is 0.463 e. The number of allylic oxidation sites excluding steroid dienone is 1. The molecule has 6 heteroatoms. The van der Waals surface area contributed by atoms with Gasteiger partial charge in [0, 0.05) is 17.7 Å². The Labute approximate surface area is 140 Å². The van der Waals surface area contributed by atoms with Crippen LogP contribution in [0.2, 0.25) is 0 Å². The van der Waals surface area contributed by atoms with Crippen molar-refractivity contribution < 1.29 is 19.4 Å². The van der Waals surface area contributed by atoms with Gasteiger partial charge in [0.05, 0.1) is 24.8 Å². The van der Waals surface area contributed by atoms with Crippen molar-refractivity contribution in [2.24, 2.45) is 0 Å². The summed E-state index contributed by atoms with van der Waals surface area (Å²) in [5, 5.41) is 14.2. The van der Waals surface area contributed by atoms with Gasteiger partial charge in [-0.2, -0.15) is 0 Å². The molecular weight excluding hydrogens is 308 g/mol. The Kier molecular flexibility index (Phi) is 5.99. The van der Waals surface area contributed by atoms with Crippen LogP contribution in [0.15, 0.2) is 35.5 Å². The highest BCUT2D eigenvalue weighted by atomic mass is 16.5. The Morgan fingerprint density at radius 3 is 2.83 bits per heavy atom. The summed E-state index contributed by atoms with van der Waals surface area (Å²) in [6.07, 6.45) is 0.354. The van der Waals surface area contributed by atoms with E-state index in [1.54, 1.807) is 13.8 Å². The van der Waals surface area contributed by atoms with Crippen LogP contribution in [-0.4, -0.2) is 30.3 Å². The fraction of sp³-hybridized carbons (Fsp3) is 0.333. The number of hydrogen-bond donors (Lipinski definition) is 3. The van der Waals surface area contributed by atoms with Gasteiger partial charge in [0.2, 0.25) is 0 Å². The Bertz CT molecular complexity index is 728. The van der Waals surface area contributed by atoms with Crippen LogP contribution in [0.4, 0.5) is 4.79 Å². The van der Waals surface area contributed by atoms with E-state index in [0.717, 1.165) is 0 Å². The molecule has 0 aliphatic carbocycles. The zero-order valence-electron chi connectivity index (χ0n) is 13.7. The number of urea groups is 1. The molecule has 0 aromatic heterocycles.